The zero-order valence-corrected chi connectivity index (χ0v) is 9.22. The van der Waals surface area contributed by atoms with E-state index in [0.29, 0.717) is 5.92 Å². The van der Waals surface area contributed by atoms with Crippen molar-refractivity contribution in [3.8, 4) is 0 Å². The van der Waals surface area contributed by atoms with Crippen molar-refractivity contribution in [3.05, 3.63) is 23.3 Å². The van der Waals surface area contributed by atoms with Gasteiger partial charge in [-0.2, -0.15) is 0 Å². The summed E-state index contributed by atoms with van der Waals surface area (Å²) < 4.78 is 2.18. The molecule has 2 aromatic rings. The Bertz CT molecular complexity index is 569. The van der Waals surface area contributed by atoms with Gasteiger partial charge in [0.2, 0.25) is 0 Å². The number of rotatable bonds is 1. The second-order valence-corrected chi connectivity index (χ2v) is 4.87. The molecular formula is C11H13N5. The summed E-state index contributed by atoms with van der Waals surface area (Å²) in [5.74, 6) is 2.50. The normalized spacial score (nSPS) is 20.6. The number of aromatic nitrogens is 4. The van der Waals surface area contributed by atoms with E-state index >= 15 is 0 Å². The van der Waals surface area contributed by atoms with Crippen molar-refractivity contribution in [3.63, 3.8) is 0 Å². The standard InChI is InChI=1S/C11H13N5/c1-15-5-8-4-12-11-14-13-10(7-2-3-7)16(11)9(8)6-15/h4,7H,2-3,5-6H2,1H3. The first-order valence-electron chi connectivity index (χ1n) is 5.73. The van der Waals surface area contributed by atoms with Crippen molar-refractivity contribution in [1.82, 2.24) is 24.5 Å². The third-order valence-electron chi connectivity index (χ3n) is 3.45. The lowest BCUT2D eigenvalue weighted by atomic mass is 10.2. The highest BCUT2D eigenvalue weighted by molar-refractivity contribution is 5.37. The fourth-order valence-electron chi connectivity index (χ4n) is 2.50. The molecule has 2 aliphatic rings. The maximum Gasteiger partial charge on any atom is 0.255 e. The average molecular weight is 215 g/mol. The van der Waals surface area contributed by atoms with Crippen molar-refractivity contribution in [2.75, 3.05) is 7.05 Å². The van der Waals surface area contributed by atoms with Gasteiger partial charge in [-0.25, -0.2) is 4.98 Å². The van der Waals surface area contributed by atoms with Crippen LogP contribution in [0.25, 0.3) is 5.78 Å². The lowest BCUT2D eigenvalue weighted by Gasteiger charge is -2.05. The topological polar surface area (TPSA) is 46.3 Å². The van der Waals surface area contributed by atoms with Gasteiger partial charge >= 0.3 is 0 Å². The van der Waals surface area contributed by atoms with Gasteiger partial charge in [-0.15, -0.1) is 10.2 Å². The Morgan fingerprint density at radius 2 is 2.12 bits per heavy atom. The van der Waals surface area contributed by atoms with E-state index in [0.717, 1.165) is 24.7 Å². The van der Waals surface area contributed by atoms with E-state index in [4.69, 9.17) is 0 Å². The molecule has 3 heterocycles. The summed E-state index contributed by atoms with van der Waals surface area (Å²) >= 11 is 0. The number of hydrogen-bond donors (Lipinski definition) is 0. The largest absolute Gasteiger partial charge is 0.296 e. The van der Waals surface area contributed by atoms with E-state index in [9.17, 15) is 0 Å². The molecule has 5 heteroatoms. The quantitative estimate of drug-likeness (QED) is 0.710. The molecule has 16 heavy (non-hydrogen) atoms. The van der Waals surface area contributed by atoms with Crippen molar-refractivity contribution in [1.29, 1.82) is 0 Å². The minimum Gasteiger partial charge on any atom is -0.296 e. The van der Waals surface area contributed by atoms with Crippen molar-refractivity contribution < 1.29 is 0 Å². The molecule has 1 aliphatic heterocycles. The third kappa shape index (κ3) is 1.06. The van der Waals surface area contributed by atoms with Crippen LogP contribution in [-0.2, 0) is 13.1 Å². The Morgan fingerprint density at radius 3 is 2.94 bits per heavy atom. The van der Waals surface area contributed by atoms with Crippen LogP contribution in [0.5, 0.6) is 0 Å². The lowest BCUT2D eigenvalue weighted by Crippen LogP contribution is -2.09. The van der Waals surface area contributed by atoms with E-state index < -0.39 is 0 Å². The van der Waals surface area contributed by atoms with E-state index in [1.807, 2.05) is 6.20 Å². The van der Waals surface area contributed by atoms with Crippen LogP contribution in [0.2, 0.25) is 0 Å². The second-order valence-electron chi connectivity index (χ2n) is 4.87. The van der Waals surface area contributed by atoms with Crippen LogP contribution in [0.1, 0.15) is 35.8 Å². The summed E-state index contributed by atoms with van der Waals surface area (Å²) in [4.78, 5) is 6.67. The molecule has 0 atom stereocenters. The Morgan fingerprint density at radius 1 is 1.25 bits per heavy atom. The molecule has 4 rings (SSSR count). The summed E-state index contributed by atoms with van der Waals surface area (Å²) in [6.45, 7) is 1.96. The van der Waals surface area contributed by atoms with Gasteiger partial charge in [-0.3, -0.25) is 9.30 Å². The van der Waals surface area contributed by atoms with Gasteiger partial charge in [-0.1, -0.05) is 0 Å². The molecule has 0 aromatic carbocycles. The molecule has 0 radical (unpaired) electrons. The van der Waals surface area contributed by atoms with E-state index in [-0.39, 0.29) is 0 Å². The van der Waals surface area contributed by atoms with E-state index in [1.165, 1.54) is 24.1 Å². The van der Waals surface area contributed by atoms with E-state index in [1.54, 1.807) is 0 Å². The van der Waals surface area contributed by atoms with Gasteiger partial charge in [0.25, 0.3) is 5.78 Å². The molecule has 82 valence electrons. The van der Waals surface area contributed by atoms with Gasteiger partial charge in [0.05, 0.1) is 0 Å². The zero-order chi connectivity index (χ0) is 10.7. The predicted octanol–water partition coefficient (Wildman–Crippen LogP) is 0.947. The van der Waals surface area contributed by atoms with Gasteiger partial charge in [0.1, 0.15) is 5.82 Å². The van der Waals surface area contributed by atoms with Crippen LogP contribution in [0.4, 0.5) is 0 Å². The average Bonchev–Trinajstić information content (AvgIpc) is 2.90. The summed E-state index contributed by atoms with van der Waals surface area (Å²) in [6.07, 6.45) is 4.44. The fraction of sp³-hybridized carbons (Fsp3) is 0.545. The number of nitrogens with zero attached hydrogens (tertiary/aromatic N) is 5. The molecule has 0 bridgehead atoms. The molecule has 0 unspecified atom stereocenters. The van der Waals surface area contributed by atoms with Gasteiger partial charge in [-0.05, 0) is 19.9 Å². The summed E-state index contributed by atoms with van der Waals surface area (Å²) in [7, 11) is 2.13. The molecule has 0 N–H and O–H groups in total. The summed E-state index contributed by atoms with van der Waals surface area (Å²) in [5.41, 5.74) is 2.65. The molecule has 0 amide bonds. The highest BCUT2D eigenvalue weighted by Crippen LogP contribution is 2.39. The van der Waals surface area contributed by atoms with Crippen LogP contribution < -0.4 is 0 Å². The molecule has 1 aliphatic carbocycles. The smallest absolute Gasteiger partial charge is 0.255 e. The highest BCUT2D eigenvalue weighted by Gasteiger charge is 2.31. The second kappa shape index (κ2) is 2.79. The maximum atomic E-state index is 4.38. The highest BCUT2D eigenvalue weighted by atomic mass is 15.3. The van der Waals surface area contributed by atoms with Crippen molar-refractivity contribution >= 4 is 5.78 Å². The fourth-order valence-corrected chi connectivity index (χ4v) is 2.50. The first-order chi connectivity index (χ1) is 7.83. The van der Waals surface area contributed by atoms with Crippen LogP contribution in [0.3, 0.4) is 0 Å². The van der Waals surface area contributed by atoms with Crippen molar-refractivity contribution in [2.24, 2.45) is 0 Å². The van der Waals surface area contributed by atoms with E-state index in [2.05, 4.69) is 31.5 Å². The maximum absolute atomic E-state index is 4.38. The SMILES string of the molecule is CN1Cc2cnc3nnc(C4CC4)n3c2C1. The predicted molar refractivity (Wildman–Crippen MR) is 57.9 cm³/mol. The molecule has 1 saturated carbocycles. The Hall–Kier alpha value is -1.49. The molecule has 5 nitrogen and oxygen atoms in total. The van der Waals surface area contributed by atoms with Crippen LogP contribution in [0, 0.1) is 0 Å². The van der Waals surface area contributed by atoms with Crippen LogP contribution in [-0.4, -0.2) is 31.5 Å². The Kier molecular flexibility index (Phi) is 1.51. The molecular weight excluding hydrogens is 202 g/mol. The van der Waals surface area contributed by atoms with Crippen LogP contribution >= 0.6 is 0 Å². The van der Waals surface area contributed by atoms with Crippen molar-refractivity contribution in [2.45, 2.75) is 31.8 Å². The lowest BCUT2D eigenvalue weighted by molar-refractivity contribution is 0.350. The molecule has 1 fully saturated rings. The monoisotopic (exact) mass is 215 g/mol. The molecule has 0 spiro atoms. The van der Waals surface area contributed by atoms with Crippen LogP contribution in [0.15, 0.2) is 6.20 Å². The summed E-state index contributed by atoms with van der Waals surface area (Å²) in [6, 6.07) is 0. The number of hydrogen-bond acceptors (Lipinski definition) is 4. The Balaban J connectivity index is 2.02. The zero-order valence-electron chi connectivity index (χ0n) is 9.22. The molecule has 2 aromatic heterocycles. The van der Waals surface area contributed by atoms with Gasteiger partial charge in [0, 0.05) is 36.5 Å². The first kappa shape index (κ1) is 8.64. The first-order valence-corrected chi connectivity index (χ1v) is 5.73. The minimum atomic E-state index is 0.620. The minimum absolute atomic E-state index is 0.620. The van der Waals surface area contributed by atoms with Gasteiger partial charge < -0.3 is 0 Å². The molecule has 0 saturated heterocycles. The van der Waals surface area contributed by atoms with Gasteiger partial charge in [0.15, 0.2) is 0 Å². The Labute approximate surface area is 93.1 Å². The number of fused-ring (bicyclic) bond motifs is 3. The summed E-state index contributed by atoms with van der Waals surface area (Å²) in [5, 5.41) is 8.46. The third-order valence-corrected chi connectivity index (χ3v) is 3.45.